The summed E-state index contributed by atoms with van der Waals surface area (Å²) in [5, 5.41) is 0. The van der Waals surface area contributed by atoms with Crippen molar-refractivity contribution in [1.29, 1.82) is 0 Å². The van der Waals surface area contributed by atoms with E-state index in [0.29, 0.717) is 16.1 Å². The molecule has 0 atom stereocenters. The second kappa shape index (κ2) is 5.46. The molecule has 0 heterocycles. The second-order valence-electron chi connectivity index (χ2n) is 5.44. The SMILES string of the molecule is Nc1cc(Br)cc(CS(=O)(=O)c2ccc3c(c2)CCC3)c1. The third kappa shape index (κ3) is 3.14. The summed E-state index contributed by atoms with van der Waals surface area (Å²) in [6.45, 7) is 0. The van der Waals surface area contributed by atoms with Crippen LogP contribution >= 0.6 is 15.9 Å². The Hall–Kier alpha value is -1.33. The van der Waals surface area contributed by atoms with Gasteiger partial charge in [-0.05, 0) is 66.3 Å². The molecule has 0 spiro atoms. The maximum Gasteiger partial charge on any atom is 0.182 e. The van der Waals surface area contributed by atoms with Crippen molar-refractivity contribution in [2.24, 2.45) is 0 Å². The Morgan fingerprint density at radius 1 is 1.05 bits per heavy atom. The molecule has 0 unspecified atom stereocenters. The van der Waals surface area contributed by atoms with Crippen LogP contribution in [0.4, 0.5) is 5.69 Å². The smallest absolute Gasteiger partial charge is 0.182 e. The number of fused-ring (bicyclic) bond motifs is 1. The molecule has 1 aliphatic rings. The Kier molecular flexibility index (Phi) is 3.80. The van der Waals surface area contributed by atoms with Crippen LogP contribution < -0.4 is 5.73 Å². The van der Waals surface area contributed by atoms with Gasteiger partial charge in [0.1, 0.15) is 0 Å². The molecule has 3 rings (SSSR count). The monoisotopic (exact) mass is 365 g/mol. The first-order valence-corrected chi connectivity index (χ1v) is 9.28. The van der Waals surface area contributed by atoms with E-state index in [9.17, 15) is 8.42 Å². The fourth-order valence-electron chi connectivity index (χ4n) is 2.80. The minimum Gasteiger partial charge on any atom is -0.399 e. The van der Waals surface area contributed by atoms with Gasteiger partial charge >= 0.3 is 0 Å². The summed E-state index contributed by atoms with van der Waals surface area (Å²) in [5.74, 6) is -0.0323. The van der Waals surface area contributed by atoms with Crippen molar-refractivity contribution in [3.05, 3.63) is 57.6 Å². The summed E-state index contributed by atoms with van der Waals surface area (Å²) in [7, 11) is -3.34. The van der Waals surface area contributed by atoms with Crippen molar-refractivity contribution in [1.82, 2.24) is 0 Å². The summed E-state index contributed by atoms with van der Waals surface area (Å²) >= 11 is 3.34. The van der Waals surface area contributed by atoms with Crippen LogP contribution in [-0.2, 0) is 28.4 Å². The molecule has 0 saturated carbocycles. The van der Waals surface area contributed by atoms with Crippen LogP contribution in [0.25, 0.3) is 0 Å². The Balaban J connectivity index is 1.93. The van der Waals surface area contributed by atoms with Gasteiger partial charge in [-0.15, -0.1) is 0 Å². The molecule has 1 aliphatic carbocycles. The molecular weight excluding hydrogens is 350 g/mol. The predicted molar refractivity (Wildman–Crippen MR) is 87.9 cm³/mol. The quantitative estimate of drug-likeness (QED) is 0.846. The maximum absolute atomic E-state index is 12.6. The van der Waals surface area contributed by atoms with Gasteiger partial charge in [-0.25, -0.2) is 8.42 Å². The van der Waals surface area contributed by atoms with Gasteiger partial charge in [0.2, 0.25) is 0 Å². The van der Waals surface area contributed by atoms with Gasteiger partial charge in [0, 0.05) is 10.2 Å². The van der Waals surface area contributed by atoms with E-state index in [-0.39, 0.29) is 5.75 Å². The first-order chi connectivity index (χ1) is 9.94. The number of hydrogen-bond donors (Lipinski definition) is 1. The lowest BCUT2D eigenvalue weighted by atomic mass is 10.1. The maximum atomic E-state index is 12.6. The number of hydrogen-bond acceptors (Lipinski definition) is 3. The Morgan fingerprint density at radius 2 is 1.81 bits per heavy atom. The van der Waals surface area contributed by atoms with Crippen molar-refractivity contribution < 1.29 is 8.42 Å². The molecule has 0 saturated heterocycles. The molecule has 5 heteroatoms. The Morgan fingerprint density at radius 3 is 2.57 bits per heavy atom. The number of sulfone groups is 1. The predicted octanol–water partition coefficient (Wildman–Crippen LogP) is 3.49. The lowest BCUT2D eigenvalue weighted by Gasteiger charge is -2.08. The van der Waals surface area contributed by atoms with Crippen LogP contribution in [0.2, 0.25) is 0 Å². The van der Waals surface area contributed by atoms with E-state index in [2.05, 4.69) is 15.9 Å². The minimum atomic E-state index is -3.34. The van der Waals surface area contributed by atoms with Gasteiger partial charge in [-0.2, -0.15) is 0 Å². The van der Waals surface area contributed by atoms with Crippen LogP contribution in [0.5, 0.6) is 0 Å². The number of benzene rings is 2. The number of nitrogen functional groups attached to an aromatic ring is 1. The molecule has 0 aliphatic heterocycles. The molecule has 0 bridgehead atoms. The summed E-state index contributed by atoms with van der Waals surface area (Å²) in [4.78, 5) is 0.404. The fourth-order valence-corrected chi connectivity index (χ4v) is 4.73. The van der Waals surface area contributed by atoms with Crippen LogP contribution in [0.1, 0.15) is 23.1 Å². The highest BCUT2D eigenvalue weighted by Gasteiger charge is 2.19. The Bertz CT molecular complexity index is 780. The molecule has 0 aromatic heterocycles. The standard InChI is InChI=1S/C16H16BrNO2S/c17-14-6-11(7-15(18)9-14)10-21(19,20)16-5-4-12-2-1-3-13(12)8-16/h4-9H,1-3,10,18H2. The van der Waals surface area contributed by atoms with E-state index >= 15 is 0 Å². The van der Waals surface area contributed by atoms with Crippen molar-refractivity contribution in [3.8, 4) is 0 Å². The third-order valence-electron chi connectivity index (χ3n) is 3.77. The summed E-state index contributed by atoms with van der Waals surface area (Å²) in [6.07, 6.45) is 3.14. The summed E-state index contributed by atoms with van der Waals surface area (Å²) < 4.78 is 25.9. The number of nitrogens with two attached hydrogens (primary N) is 1. The fraction of sp³-hybridized carbons (Fsp3) is 0.250. The van der Waals surface area contributed by atoms with Crippen molar-refractivity contribution >= 4 is 31.5 Å². The molecule has 2 aromatic rings. The largest absolute Gasteiger partial charge is 0.399 e. The van der Waals surface area contributed by atoms with Gasteiger partial charge in [-0.3, -0.25) is 0 Å². The molecular formula is C16H16BrNO2S. The Labute approximate surface area is 133 Å². The van der Waals surface area contributed by atoms with Crippen molar-refractivity contribution in [3.63, 3.8) is 0 Å². The van der Waals surface area contributed by atoms with E-state index in [1.165, 1.54) is 11.1 Å². The number of halogens is 1. The van der Waals surface area contributed by atoms with Gasteiger partial charge in [0.15, 0.2) is 9.84 Å². The van der Waals surface area contributed by atoms with Crippen molar-refractivity contribution in [2.45, 2.75) is 29.9 Å². The van der Waals surface area contributed by atoms with E-state index < -0.39 is 9.84 Å². The number of rotatable bonds is 3. The number of aryl methyl sites for hydroxylation is 2. The zero-order chi connectivity index (χ0) is 15.0. The molecule has 0 radical (unpaired) electrons. The highest BCUT2D eigenvalue weighted by molar-refractivity contribution is 9.10. The molecule has 21 heavy (non-hydrogen) atoms. The van der Waals surface area contributed by atoms with Crippen LogP contribution in [0.3, 0.4) is 0 Å². The van der Waals surface area contributed by atoms with Gasteiger partial charge < -0.3 is 5.73 Å². The molecule has 3 nitrogen and oxygen atoms in total. The van der Waals surface area contributed by atoms with Gasteiger partial charge in [0.05, 0.1) is 10.6 Å². The van der Waals surface area contributed by atoms with E-state index in [4.69, 9.17) is 5.73 Å². The molecule has 2 N–H and O–H groups in total. The zero-order valence-corrected chi connectivity index (χ0v) is 13.9. The third-order valence-corrected chi connectivity index (χ3v) is 5.91. The minimum absolute atomic E-state index is 0.0323. The van der Waals surface area contributed by atoms with Gasteiger partial charge in [0.25, 0.3) is 0 Å². The van der Waals surface area contributed by atoms with Gasteiger partial charge in [-0.1, -0.05) is 22.0 Å². The summed E-state index contributed by atoms with van der Waals surface area (Å²) in [5.41, 5.74) is 9.47. The normalized spacial score (nSPS) is 14.1. The molecule has 110 valence electrons. The highest BCUT2D eigenvalue weighted by Crippen LogP contribution is 2.27. The topological polar surface area (TPSA) is 60.2 Å². The molecule has 2 aromatic carbocycles. The average molecular weight is 366 g/mol. The first kappa shape index (κ1) is 14.6. The number of anilines is 1. The van der Waals surface area contributed by atoms with E-state index in [1.807, 2.05) is 12.1 Å². The second-order valence-corrected chi connectivity index (χ2v) is 8.34. The average Bonchev–Trinajstić information content (AvgIpc) is 2.83. The zero-order valence-electron chi connectivity index (χ0n) is 11.5. The molecule has 0 amide bonds. The highest BCUT2D eigenvalue weighted by atomic mass is 79.9. The lowest BCUT2D eigenvalue weighted by Crippen LogP contribution is -2.06. The van der Waals surface area contributed by atoms with Crippen molar-refractivity contribution in [2.75, 3.05) is 5.73 Å². The lowest BCUT2D eigenvalue weighted by molar-refractivity contribution is 0.595. The van der Waals surface area contributed by atoms with E-state index in [1.54, 1.807) is 24.3 Å². The first-order valence-electron chi connectivity index (χ1n) is 6.83. The van der Waals surface area contributed by atoms with Crippen LogP contribution in [-0.4, -0.2) is 8.42 Å². The van der Waals surface area contributed by atoms with Crippen LogP contribution in [0.15, 0.2) is 45.8 Å². The summed E-state index contributed by atoms with van der Waals surface area (Å²) in [6, 6.07) is 10.8. The van der Waals surface area contributed by atoms with Crippen LogP contribution in [0, 0.1) is 0 Å². The molecule has 0 fully saturated rings. The van der Waals surface area contributed by atoms with E-state index in [0.717, 1.165) is 23.7 Å².